The second-order valence-corrected chi connectivity index (χ2v) is 6.59. The molecule has 0 aliphatic carbocycles. The summed E-state index contributed by atoms with van der Waals surface area (Å²) in [5, 5.41) is 3.98. The summed E-state index contributed by atoms with van der Waals surface area (Å²) in [5.74, 6) is -0.0114. The molecule has 3 aromatic heterocycles. The predicted octanol–water partition coefficient (Wildman–Crippen LogP) is 3.24. The third-order valence-electron chi connectivity index (χ3n) is 4.10. The molecule has 0 unspecified atom stereocenters. The maximum absolute atomic E-state index is 12.9. The first-order chi connectivity index (χ1) is 12.1. The van der Waals surface area contributed by atoms with Gasteiger partial charge in [0.15, 0.2) is 5.78 Å². The summed E-state index contributed by atoms with van der Waals surface area (Å²) in [6.45, 7) is 1.51. The second-order valence-electron chi connectivity index (χ2n) is 5.59. The predicted molar refractivity (Wildman–Crippen MR) is 100 cm³/mol. The third-order valence-corrected chi connectivity index (χ3v) is 5.18. The van der Waals surface area contributed by atoms with E-state index in [1.807, 2.05) is 13.1 Å². The van der Waals surface area contributed by atoms with Crippen molar-refractivity contribution < 1.29 is 4.79 Å². The van der Waals surface area contributed by atoms with Gasteiger partial charge in [0.05, 0.1) is 16.6 Å². The van der Waals surface area contributed by atoms with Gasteiger partial charge in [-0.15, -0.1) is 11.3 Å². The van der Waals surface area contributed by atoms with E-state index in [-0.39, 0.29) is 11.3 Å². The number of benzene rings is 1. The Balaban J connectivity index is 1.95. The molecule has 3 heterocycles. The first-order valence-corrected chi connectivity index (χ1v) is 8.50. The SMILES string of the molecule is CNc1ccnc2sc3c(=O)n(-c4ccc(C(C)=O)cc4)cnc3c12. The molecule has 25 heavy (non-hydrogen) atoms. The highest BCUT2D eigenvalue weighted by atomic mass is 32.1. The number of thiophene rings is 1. The second kappa shape index (κ2) is 5.78. The summed E-state index contributed by atoms with van der Waals surface area (Å²) in [6.07, 6.45) is 3.23. The number of Topliss-reactive ketones (excluding diaryl/α,β-unsaturated/α-hetero) is 1. The molecule has 0 saturated carbocycles. The molecular formula is C18H14N4O2S. The van der Waals surface area contributed by atoms with Crippen molar-refractivity contribution in [2.45, 2.75) is 6.92 Å². The van der Waals surface area contributed by atoms with Crippen LogP contribution >= 0.6 is 11.3 Å². The van der Waals surface area contributed by atoms with Gasteiger partial charge in [-0.3, -0.25) is 14.2 Å². The van der Waals surface area contributed by atoms with Crippen molar-refractivity contribution in [3.63, 3.8) is 0 Å². The number of anilines is 1. The van der Waals surface area contributed by atoms with E-state index in [0.717, 1.165) is 15.9 Å². The first kappa shape index (κ1) is 15.5. The lowest BCUT2D eigenvalue weighted by atomic mass is 10.1. The van der Waals surface area contributed by atoms with Gasteiger partial charge < -0.3 is 5.32 Å². The van der Waals surface area contributed by atoms with Crippen LogP contribution in [0.1, 0.15) is 17.3 Å². The lowest BCUT2D eigenvalue weighted by molar-refractivity contribution is 0.101. The number of carbonyl (C=O) groups excluding carboxylic acids is 1. The number of hydrogen-bond donors (Lipinski definition) is 1. The number of carbonyl (C=O) groups is 1. The summed E-state index contributed by atoms with van der Waals surface area (Å²) in [7, 11) is 1.83. The van der Waals surface area contributed by atoms with Crippen LogP contribution < -0.4 is 10.9 Å². The molecule has 1 aromatic carbocycles. The van der Waals surface area contributed by atoms with Gasteiger partial charge in [0.1, 0.15) is 15.9 Å². The normalized spacial score (nSPS) is 11.1. The summed E-state index contributed by atoms with van der Waals surface area (Å²) < 4.78 is 2.05. The molecule has 0 atom stereocenters. The van der Waals surface area contributed by atoms with Crippen LogP contribution in [0.5, 0.6) is 0 Å². The van der Waals surface area contributed by atoms with Crippen LogP contribution in [0.25, 0.3) is 26.1 Å². The number of nitrogens with one attached hydrogen (secondary N) is 1. The Labute approximate surface area is 146 Å². The molecule has 4 aromatic rings. The van der Waals surface area contributed by atoms with Crippen LogP contribution in [0, 0.1) is 0 Å². The maximum atomic E-state index is 12.9. The van der Waals surface area contributed by atoms with Crippen molar-refractivity contribution >= 4 is 43.2 Å². The molecule has 7 heteroatoms. The fraction of sp³-hybridized carbons (Fsp3) is 0.111. The molecule has 0 amide bonds. The summed E-state index contributed by atoms with van der Waals surface area (Å²) in [6, 6.07) is 8.77. The standard InChI is InChI=1S/C18H14N4O2S/c1-10(23)11-3-5-12(6-4-11)22-9-21-15-14-13(19-2)7-8-20-17(14)25-16(15)18(22)24/h3-9H,1-2H3,(H,19,20). The number of nitrogens with zero attached hydrogens (tertiary/aromatic N) is 3. The van der Waals surface area contributed by atoms with Crippen molar-refractivity contribution in [3.8, 4) is 5.69 Å². The molecule has 124 valence electrons. The molecule has 6 nitrogen and oxygen atoms in total. The number of rotatable bonds is 3. The Morgan fingerprint density at radius 1 is 1.16 bits per heavy atom. The van der Waals surface area contributed by atoms with Crippen LogP contribution in [0.4, 0.5) is 5.69 Å². The summed E-state index contributed by atoms with van der Waals surface area (Å²) in [4.78, 5) is 34.0. The fourth-order valence-electron chi connectivity index (χ4n) is 2.80. The van der Waals surface area contributed by atoms with Gasteiger partial charge in [-0.1, -0.05) is 0 Å². The third kappa shape index (κ3) is 2.40. The highest BCUT2D eigenvalue weighted by molar-refractivity contribution is 7.25. The van der Waals surface area contributed by atoms with Gasteiger partial charge in [0, 0.05) is 24.5 Å². The van der Waals surface area contributed by atoms with Crippen LogP contribution in [0.15, 0.2) is 47.7 Å². The van der Waals surface area contributed by atoms with Gasteiger partial charge in [0.2, 0.25) is 0 Å². The summed E-state index contributed by atoms with van der Waals surface area (Å²) >= 11 is 1.33. The zero-order valence-corrected chi connectivity index (χ0v) is 14.4. The van der Waals surface area contributed by atoms with E-state index in [9.17, 15) is 9.59 Å². The molecule has 0 radical (unpaired) electrons. The lowest BCUT2D eigenvalue weighted by Gasteiger charge is -2.06. The minimum absolute atomic E-state index is 0.0114. The minimum atomic E-state index is -0.148. The van der Waals surface area contributed by atoms with E-state index >= 15 is 0 Å². The Bertz CT molecular complexity index is 1180. The number of hydrogen-bond acceptors (Lipinski definition) is 6. The maximum Gasteiger partial charge on any atom is 0.275 e. The highest BCUT2D eigenvalue weighted by Gasteiger charge is 2.15. The molecule has 0 aliphatic rings. The van der Waals surface area contributed by atoms with Gasteiger partial charge in [-0.2, -0.15) is 0 Å². The van der Waals surface area contributed by atoms with E-state index in [4.69, 9.17) is 0 Å². The van der Waals surface area contributed by atoms with Gasteiger partial charge >= 0.3 is 0 Å². The zero-order chi connectivity index (χ0) is 17.6. The quantitative estimate of drug-likeness (QED) is 0.574. The van der Waals surface area contributed by atoms with E-state index in [1.54, 1.807) is 30.5 Å². The van der Waals surface area contributed by atoms with E-state index in [2.05, 4.69) is 15.3 Å². The van der Waals surface area contributed by atoms with E-state index in [1.165, 1.54) is 29.2 Å². The largest absolute Gasteiger partial charge is 0.387 e. The van der Waals surface area contributed by atoms with Crippen LogP contribution in [-0.2, 0) is 0 Å². The Kier molecular flexibility index (Phi) is 3.58. The summed E-state index contributed by atoms with van der Waals surface area (Å²) in [5.41, 5.74) is 2.68. The lowest BCUT2D eigenvalue weighted by Crippen LogP contribution is -2.17. The van der Waals surface area contributed by atoms with Crippen LogP contribution in [-0.4, -0.2) is 27.4 Å². The van der Waals surface area contributed by atoms with Crippen molar-refractivity contribution in [2.75, 3.05) is 12.4 Å². The van der Waals surface area contributed by atoms with Gasteiger partial charge in [0.25, 0.3) is 5.56 Å². The van der Waals surface area contributed by atoms with Crippen molar-refractivity contribution in [3.05, 3.63) is 58.8 Å². The van der Waals surface area contributed by atoms with Crippen molar-refractivity contribution in [1.29, 1.82) is 0 Å². The van der Waals surface area contributed by atoms with E-state index in [0.29, 0.717) is 21.5 Å². The molecule has 0 saturated heterocycles. The minimum Gasteiger partial charge on any atom is -0.387 e. The van der Waals surface area contributed by atoms with Gasteiger partial charge in [-0.05, 0) is 37.3 Å². The van der Waals surface area contributed by atoms with Crippen molar-refractivity contribution in [1.82, 2.24) is 14.5 Å². The Morgan fingerprint density at radius 3 is 2.60 bits per heavy atom. The number of ketones is 1. The van der Waals surface area contributed by atoms with Crippen molar-refractivity contribution in [2.24, 2.45) is 0 Å². The Morgan fingerprint density at radius 2 is 1.92 bits per heavy atom. The average Bonchev–Trinajstić information content (AvgIpc) is 3.02. The average molecular weight is 350 g/mol. The van der Waals surface area contributed by atoms with Crippen LogP contribution in [0.3, 0.4) is 0 Å². The molecule has 0 bridgehead atoms. The first-order valence-electron chi connectivity index (χ1n) is 7.68. The number of aromatic nitrogens is 3. The monoisotopic (exact) mass is 350 g/mol. The molecule has 0 fully saturated rings. The fourth-order valence-corrected chi connectivity index (χ4v) is 3.85. The number of fused-ring (bicyclic) bond motifs is 3. The molecule has 0 spiro atoms. The number of pyridine rings is 1. The molecule has 0 aliphatic heterocycles. The highest BCUT2D eigenvalue weighted by Crippen LogP contribution is 2.33. The molecule has 1 N–H and O–H groups in total. The zero-order valence-electron chi connectivity index (χ0n) is 13.6. The Hall–Kier alpha value is -3.06. The smallest absolute Gasteiger partial charge is 0.275 e. The van der Waals surface area contributed by atoms with Crippen LogP contribution in [0.2, 0.25) is 0 Å². The van der Waals surface area contributed by atoms with Gasteiger partial charge in [-0.25, -0.2) is 9.97 Å². The molecular weight excluding hydrogens is 336 g/mol. The molecule has 4 rings (SSSR count). The topological polar surface area (TPSA) is 76.9 Å². The van der Waals surface area contributed by atoms with E-state index < -0.39 is 0 Å².